The average Bonchev–Trinajstić information content (AvgIpc) is 3.09. The van der Waals surface area contributed by atoms with Crippen LogP contribution >= 0.6 is 11.6 Å². The molecule has 3 aromatic rings. The largest absolute Gasteiger partial charge is 0.368 e. The minimum atomic E-state index is -3.73. The lowest BCUT2D eigenvalue weighted by Crippen LogP contribution is -2.43. The van der Waals surface area contributed by atoms with Gasteiger partial charge in [-0.1, -0.05) is 29.8 Å². The molecule has 1 fully saturated rings. The first-order valence-corrected chi connectivity index (χ1v) is 9.87. The molecule has 25 heavy (non-hydrogen) atoms. The van der Waals surface area contributed by atoms with Gasteiger partial charge < -0.3 is 10.2 Å². The molecule has 1 saturated heterocycles. The van der Waals surface area contributed by atoms with Crippen LogP contribution in [-0.2, 0) is 9.84 Å². The van der Waals surface area contributed by atoms with Gasteiger partial charge in [-0.3, -0.25) is 5.10 Å². The van der Waals surface area contributed by atoms with Gasteiger partial charge >= 0.3 is 0 Å². The van der Waals surface area contributed by atoms with Gasteiger partial charge in [0.15, 0.2) is 5.03 Å². The van der Waals surface area contributed by atoms with Crippen LogP contribution < -0.4 is 10.2 Å². The lowest BCUT2D eigenvalue weighted by molar-refractivity contribution is 0.589. The van der Waals surface area contributed by atoms with Crippen LogP contribution in [-0.4, -0.2) is 44.8 Å². The number of H-pyrrole nitrogens is 1. The predicted octanol–water partition coefficient (Wildman–Crippen LogP) is 2.46. The minimum Gasteiger partial charge on any atom is -0.368 e. The number of piperazine rings is 1. The van der Waals surface area contributed by atoms with Crippen molar-refractivity contribution >= 4 is 38.0 Å². The van der Waals surface area contributed by atoms with Crippen LogP contribution in [0.4, 0.5) is 5.69 Å². The van der Waals surface area contributed by atoms with E-state index in [-0.39, 0.29) is 9.92 Å². The van der Waals surface area contributed by atoms with Gasteiger partial charge in [-0.05, 0) is 24.3 Å². The maximum Gasteiger partial charge on any atom is 0.223 e. The molecule has 0 aliphatic carbocycles. The first-order valence-electron chi connectivity index (χ1n) is 8.01. The van der Waals surface area contributed by atoms with Crippen molar-refractivity contribution in [2.75, 3.05) is 31.1 Å². The standard InChI is InChI=1S/C17H17ClN4O2S/c18-16-14(22-10-8-19-9-11-22)7-6-13-15(16)17(21-20-13)25(23,24)12-4-2-1-3-5-12/h1-7,19H,8-11H2,(H,20,21). The third-order valence-electron chi connectivity index (χ3n) is 4.38. The Labute approximate surface area is 150 Å². The number of sulfone groups is 1. The molecular weight excluding hydrogens is 360 g/mol. The van der Waals surface area contributed by atoms with Gasteiger partial charge in [-0.2, -0.15) is 5.10 Å². The van der Waals surface area contributed by atoms with E-state index in [2.05, 4.69) is 20.4 Å². The van der Waals surface area contributed by atoms with E-state index in [1.165, 1.54) is 0 Å². The molecule has 0 radical (unpaired) electrons. The Morgan fingerprint density at radius 1 is 1.04 bits per heavy atom. The molecule has 0 spiro atoms. The predicted molar refractivity (Wildman–Crippen MR) is 98.1 cm³/mol. The zero-order valence-corrected chi connectivity index (χ0v) is 14.9. The van der Waals surface area contributed by atoms with E-state index in [1.807, 2.05) is 6.07 Å². The number of rotatable bonds is 3. The Balaban J connectivity index is 1.88. The van der Waals surface area contributed by atoms with E-state index >= 15 is 0 Å². The van der Waals surface area contributed by atoms with E-state index in [1.54, 1.807) is 36.4 Å². The summed E-state index contributed by atoms with van der Waals surface area (Å²) in [7, 11) is -3.73. The number of hydrogen-bond acceptors (Lipinski definition) is 5. The number of nitrogens with one attached hydrogen (secondary N) is 2. The number of hydrogen-bond donors (Lipinski definition) is 2. The minimum absolute atomic E-state index is 0.0377. The van der Waals surface area contributed by atoms with Crippen molar-refractivity contribution in [3.8, 4) is 0 Å². The number of benzene rings is 2. The fourth-order valence-corrected chi connectivity index (χ4v) is 4.92. The molecule has 0 amide bonds. The van der Waals surface area contributed by atoms with Gasteiger partial charge in [0.25, 0.3) is 0 Å². The summed E-state index contributed by atoms with van der Waals surface area (Å²) in [6.45, 7) is 3.39. The molecular formula is C17H17ClN4O2S. The number of nitrogens with zero attached hydrogens (tertiary/aromatic N) is 2. The second-order valence-corrected chi connectivity index (χ2v) is 8.16. The summed E-state index contributed by atoms with van der Waals surface area (Å²) in [6, 6.07) is 12.0. The van der Waals surface area contributed by atoms with Crippen LogP contribution in [0, 0.1) is 0 Å². The number of aromatic amines is 1. The van der Waals surface area contributed by atoms with Gasteiger partial charge in [-0.25, -0.2) is 8.42 Å². The fourth-order valence-electron chi connectivity index (χ4n) is 3.09. The summed E-state index contributed by atoms with van der Waals surface area (Å²) in [5.41, 5.74) is 1.37. The topological polar surface area (TPSA) is 78.1 Å². The van der Waals surface area contributed by atoms with Crippen LogP contribution in [0.2, 0.25) is 5.02 Å². The van der Waals surface area contributed by atoms with Crippen LogP contribution in [0.3, 0.4) is 0 Å². The second kappa shape index (κ2) is 6.33. The highest BCUT2D eigenvalue weighted by molar-refractivity contribution is 7.91. The Kier molecular flexibility index (Phi) is 4.15. The molecule has 1 aromatic heterocycles. The van der Waals surface area contributed by atoms with E-state index < -0.39 is 9.84 Å². The van der Waals surface area contributed by atoms with E-state index in [0.717, 1.165) is 31.9 Å². The van der Waals surface area contributed by atoms with Crippen molar-refractivity contribution in [3.05, 3.63) is 47.5 Å². The molecule has 0 unspecified atom stereocenters. The SMILES string of the molecule is O=S(=O)(c1ccccc1)c1[nH]nc2ccc(N3CCNCC3)c(Cl)c12. The summed E-state index contributed by atoms with van der Waals surface area (Å²) >= 11 is 6.63. The second-order valence-electron chi connectivity index (χ2n) is 5.90. The molecule has 0 saturated carbocycles. The van der Waals surface area contributed by atoms with Crippen LogP contribution in [0.25, 0.3) is 10.9 Å². The monoisotopic (exact) mass is 376 g/mol. The Morgan fingerprint density at radius 3 is 2.48 bits per heavy atom. The third kappa shape index (κ3) is 2.78. The average molecular weight is 377 g/mol. The molecule has 130 valence electrons. The Morgan fingerprint density at radius 2 is 1.76 bits per heavy atom. The first-order chi connectivity index (χ1) is 12.1. The smallest absolute Gasteiger partial charge is 0.223 e. The Hall–Kier alpha value is -2.09. The number of anilines is 1. The molecule has 4 rings (SSSR count). The number of fused-ring (bicyclic) bond motifs is 1. The molecule has 6 nitrogen and oxygen atoms in total. The highest BCUT2D eigenvalue weighted by Gasteiger charge is 2.26. The van der Waals surface area contributed by atoms with E-state index in [9.17, 15) is 8.42 Å². The summed E-state index contributed by atoms with van der Waals surface area (Å²) in [6.07, 6.45) is 0. The lowest BCUT2D eigenvalue weighted by atomic mass is 10.2. The third-order valence-corrected chi connectivity index (χ3v) is 6.49. The van der Waals surface area contributed by atoms with Crippen molar-refractivity contribution in [2.45, 2.75) is 9.92 Å². The zero-order chi connectivity index (χ0) is 17.4. The van der Waals surface area contributed by atoms with Crippen molar-refractivity contribution < 1.29 is 8.42 Å². The van der Waals surface area contributed by atoms with Gasteiger partial charge in [-0.15, -0.1) is 0 Å². The number of halogens is 1. The summed E-state index contributed by atoms with van der Waals surface area (Å²) < 4.78 is 26.0. The van der Waals surface area contributed by atoms with Gasteiger partial charge in [0.2, 0.25) is 9.84 Å². The van der Waals surface area contributed by atoms with Crippen molar-refractivity contribution in [3.63, 3.8) is 0 Å². The van der Waals surface area contributed by atoms with Gasteiger partial charge in [0.1, 0.15) is 0 Å². The highest BCUT2D eigenvalue weighted by Crippen LogP contribution is 2.37. The highest BCUT2D eigenvalue weighted by atomic mass is 35.5. The molecule has 8 heteroatoms. The first kappa shape index (κ1) is 16.4. The molecule has 0 atom stereocenters. The van der Waals surface area contributed by atoms with Gasteiger partial charge in [0, 0.05) is 26.2 Å². The fraction of sp³-hybridized carbons (Fsp3) is 0.235. The number of aromatic nitrogens is 2. The lowest BCUT2D eigenvalue weighted by Gasteiger charge is -2.30. The molecule has 2 N–H and O–H groups in total. The summed E-state index contributed by atoms with van der Waals surface area (Å²) in [4.78, 5) is 2.37. The summed E-state index contributed by atoms with van der Waals surface area (Å²) in [5, 5.41) is 11.0. The zero-order valence-electron chi connectivity index (χ0n) is 13.4. The van der Waals surface area contributed by atoms with Crippen molar-refractivity contribution in [1.29, 1.82) is 0 Å². The molecule has 2 aromatic carbocycles. The van der Waals surface area contributed by atoms with Gasteiger partial charge in [0.05, 0.1) is 26.5 Å². The maximum atomic E-state index is 13.0. The molecule has 0 bridgehead atoms. The van der Waals surface area contributed by atoms with Crippen LogP contribution in [0.5, 0.6) is 0 Å². The Bertz CT molecular complexity index is 1010. The maximum absolute atomic E-state index is 13.0. The normalized spacial score (nSPS) is 15.6. The molecule has 2 heterocycles. The molecule has 1 aliphatic rings. The van der Waals surface area contributed by atoms with Crippen LogP contribution in [0.1, 0.15) is 0 Å². The molecule has 1 aliphatic heterocycles. The van der Waals surface area contributed by atoms with Crippen LogP contribution in [0.15, 0.2) is 52.4 Å². The summed E-state index contributed by atoms with van der Waals surface area (Å²) in [5.74, 6) is 0. The van der Waals surface area contributed by atoms with Crippen molar-refractivity contribution in [1.82, 2.24) is 15.5 Å². The quantitative estimate of drug-likeness (QED) is 0.734. The van der Waals surface area contributed by atoms with E-state index in [4.69, 9.17) is 11.6 Å². The van der Waals surface area contributed by atoms with Crippen molar-refractivity contribution in [2.24, 2.45) is 0 Å². The van der Waals surface area contributed by atoms with E-state index in [0.29, 0.717) is 15.9 Å².